The van der Waals surface area contributed by atoms with Gasteiger partial charge in [-0.2, -0.15) is 0 Å². The average Bonchev–Trinajstić information content (AvgIpc) is 1.65. The van der Waals surface area contributed by atoms with Crippen LogP contribution in [-0.4, -0.2) is 21.9 Å². The van der Waals surface area contributed by atoms with Crippen LogP contribution < -0.4 is 0 Å². The van der Waals surface area contributed by atoms with Crippen LogP contribution in [0.25, 0.3) is 0 Å². The molecule has 48 valence electrons. The Morgan fingerprint density at radius 3 is 2.12 bits per heavy atom. The van der Waals surface area contributed by atoms with Gasteiger partial charge in [-0.25, -0.2) is 0 Å². The third-order valence-electron chi connectivity index (χ3n) is 2.18. The minimum absolute atomic E-state index is 0.0579. The summed E-state index contributed by atoms with van der Waals surface area (Å²) in [5.74, 6) is 0.0579. The average molecular weight is 116 g/mol. The molecular formula is C6H12O2. The fourth-order valence-electron chi connectivity index (χ4n) is 1.04. The Kier molecular flexibility index (Phi) is 1.10. The molecular weight excluding hydrogens is 104 g/mol. The third-order valence-corrected chi connectivity index (χ3v) is 2.18. The Balaban J connectivity index is 2.47. The largest absolute Gasteiger partial charge is 0.393 e. The van der Waals surface area contributed by atoms with Gasteiger partial charge in [0, 0.05) is 12.3 Å². The summed E-state index contributed by atoms with van der Waals surface area (Å²) in [6, 6.07) is 0. The van der Waals surface area contributed by atoms with E-state index in [9.17, 15) is 5.11 Å². The molecule has 2 nitrogen and oxygen atoms in total. The topological polar surface area (TPSA) is 40.5 Å². The van der Waals surface area contributed by atoms with Crippen LogP contribution in [0.5, 0.6) is 0 Å². The molecule has 0 aromatic rings. The van der Waals surface area contributed by atoms with Gasteiger partial charge in [-0.15, -0.1) is 0 Å². The molecule has 0 spiro atoms. The van der Waals surface area contributed by atoms with Crippen LogP contribution in [0.15, 0.2) is 0 Å². The fourth-order valence-corrected chi connectivity index (χ4v) is 1.04. The van der Waals surface area contributed by atoms with E-state index in [1.165, 1.54) is 0 Å². The molecule has 0 heterocycles. The van der Waals surface area contributed by atoms with E-state index in [2.05, 4.69) is 0 Å². The first-order chi connectivity index (χ1) is 3.54. The molecule has 0 aromatic heterocycles. The van der Waals surface area contributed by atoms with E-state index in [4.69, 9.17) is 5.11 Å². The van der Waals surface area contributed by atoms with Crippen molar-refractivity contribution in [2.45, 2.75) is 32.0 Å². The molecule has 8 heavy (non-hydrogen) atoms. The van der Waals surface area contributed by atoms with Crippen LogP contribution in [0.3, 0.4) is 0 Å². The Labute approximate surface area is 49.1 Å². The molecule has 1 aliphatic carbocycles. The predicted octanol–water partition coefficient (Wildman–Crippen LogP) is 0.138. The summed E-state index contributed by atoms with van der Waals surface area (Å²) >= 11 is 0. The number of hydrogen-bond donors (Lipinski definition) is 2. The Bertz CT molecular complexity index is 98.7. The van der Waals surface area contributed by atoms with Crippen LogP contribution in [0.4, 0.5) is 0 Å². The van der Waals surface area contributed by atoms with E-state index in [1.54, 1.807) is 6.92 Å². The molecule has 0 radical (unpaired) electrons. The molecule has 3 atom stereocenters. The molecule has 1 saturated carbocycles. The van der Waals surface area contributed by atoms with Crippen molar-refractivity contribution < 1.29 is 10.2 Å². The molecule has 2 heteroatoms. The predicted molar refractivity (Wildman–Crippen MR) is 30.4 cm³/mol. The van der Waals surface area contributed by atoms with E-state index in [-0.39, 0.29) is 12.0 Å². The number of aliphatic hydroxyl groups excluding tert-OH is 1. The van der Waals surface area contributed by atoms with Crippen molar-refractivity contribution in [3.63, 3.8) is 0 Å². The van der Waals surface area contributed by atoms with Crippen LogP contribution in [-0.2, 0) is 0 Å². The van der Waals surface area contributed by atoms with Crippen molar-refractivity contribution in [3.05, 3.63) is 0 Å². The minimum atomic E-state index is -0.598. The standard InChI is InChI=1S/C6H12O2/c1-4-5(7)3-6(4,2)8/h4-5,7-8H,3H2,1-2H3/t4-,5+,6+/m1/s1. The molecule has 0 amide bonds. The van der Waals surface area contributed by atoms with Crippen molar-refractivity contribution in [1.29, 1.82) is 0 Å². The maximum Gasteiger partial charge on any atom is 0.0694 e. The van der Waals surface area contributed by atoms with Crippen molar-refractivity contribution in [1.82, 2.24) is 0 Å². The molecule has 1 rings (SSSR count). The van der Waals surface area contributed by atoms with Gasteiger partial charge in [0.25, 0.3) is 0 Å². The summed E-state index contributed by atoms with van der Waals surface area (Å²) in [6.07, 6.45) is 0.263. The zero-order valence-corrected chi connectivity index (χ0v) is 5.26. The molecule has 0 aliphatic heterocycles. The second kappa shape index (κ2) is 1.45. The second-order valence-corrected chi connectivity index (χ2v) is 2.92. The normalized spacial score (nSPS) is 55.5. The van der Waals surface area contributed by atoms with Gasteiger partial charge >= 0.3 is 0 Å². The molecule has 0 bridgehead atoms. The van der Waals surface area contributed by atoms with Crippen molar-refractivity contribution >= 4 is 0 Å². The van der Waals surface area contributed by atoms with Gasteiger partial charge in [-0.1, -0.05) is 6.92 Å². The lowest BCUT2D eigenvalue weighted by molar-refractivity contribution is -0.154. The zero-order valence-electron chi connectivity index (χ0n) is 5.26. The van der Waals surface area contributed by atoms with Gasteiger partial charge in [-0.3, -0.25) is 0 Å². The molecule has 1 aliphatic rings. The van der Waals surface area contributed by atoms with Gasteiger partial charge < -0.3 is 10.2 Å². The highest BCUT2D eigenvalue weighted by molar-refractivity contribution is 4.96. The molecule has 0 saturated heterocycles. The Morgan fingerprint density at radius 1 is 1.62 bits per heavy atom. The smallest absolute Gasteiger partial charge is 0.0694 e. The summed E-state index contributed by atoms with van der Waals surface area (Å²) in [7, 11) is 0. The van der Waals surface area contributed by atoms with Crippen LogP contribution in [0.1, 0.15) is 20.3 Å². The van der Waals surface area contributed by atoms with Gasteiger partial charge in [-0.05, 0) is 6.92 Å². The second-order valence-electron chi connectivity index (χ2n) is 2.92. The van der Waals surface area contributed by atoms with Crippen LogP contribution in [0, 0.1) is 5.92 Å². The SMILES string of the molecule is C[C@@H]1[C@@H](O)C[C@]1(C)O. The number of rotatable bonds is 0. The third kappa shape index (κ3) is 0.644. The minimum Gasteiger partial charge on any atom is -0.393 e. The molecule has 2 N–H and O–H groups in total. The number of aliphatic hydroxyl groups is 2. The maximum atomic E-state index is 9.19. The summed E-state index contributed by atoms with van der Waals surface area (Å²) < 4.78 is 0. The van der Waals surface area contributed by atoms with Crippen LogP contribution in [0.2, 0.25) is 0 Å². The van der Waals surface area contributed by atoms with E-state index in [0.717, 1.165) is 0 Å². The molecule has 1 fully saturated rings. The van der Waals surface area contributed by atoms with Gasteiger partial charge in [0.15, 0.2) is 0 Å². The summed E-state index contributed by atoms with van der Waals surface area (Å²) in [6.45, 7) is 3.61. The van der Waals surface area contributed by atoms with E-state index >= 15 is 0 Å². The zero-order chi connectivity index (χ0) is 6.36. The van der Waals surface area contributed by atoms with Crippen molar-refractivity contribution in [3.8, 4) is 0 Å². The summed E-state index contributed by atoms with van der Waals surface area (Å²) in [5, 5.41) is 18.1. The fraction of sp³-hybridized carbons (Fsp3) is 1.00. The van der Waals surface area contributed by atoms with E-state index in [0.29, 0.717) is 6.42 Å². The van der Waals surface area contributed by atoms with Crippen molar-refractivity contribution in [2.24, 2.45) is 5.92 Å². The highest BCUT2D eigenvalue weighted by Crippen LogP contribution is 2.37. The monoisotopic (exact) mass is 116 g/mol. The first-order valence-corrected chi connectivity index (χ1v) is 2.94. The maximum absolute atomic E-state index is 9.19. The van der Waals surface area contributed by atoms with Gasteiger partial charge in [0.2, 0.25) is 0 Å². The first-order valence-electron chi connectivity index (χ1n) is 2.94. The lowest BCUT2D eigenvalue weighted by Crippen LogP contribution is -2.53. The van der Waals surface area contributed by atoms with E-state index < -0.39 is 5.60 Å². The van der Waals surface area contributed by atoms with E-state index in [1.807, 2.05) is 6.92 Å². The first kappa shape index (κ1) is 6.05. The van der Waals surface area contributed by atoms with Gasteiger partial charge in [0.05, 0.1) is 11.7 Å². The summed E-state index contributed by atoms with van der Waals surface area (Å²) in [4.78, 5) is 0. The Morgan fingerprint density at radius 2 is 2.12 bits per heavy atom. The van der Waals surface area contributed by atoms with Gasteiger partial charge in [0.1, 0.15) is 0 Å². The lowest BCUT2D eigenvalue weighted by atomic mass is 9.69. The lowest BCUT2D eigenvalue weighted by Gasteiger charge is -2.45. The Hall–Kier alpha value is -0.0800. The van der Waals surface area contributed by atoms with Crippen LogP contribution >= 0.6 is 0 Å². The highest BCUT2D eigenvalue weighted by Gasteiger charge is 2.45. The quantitative estimate of drug-likeness (QED) is 0.472. The summed E-state index contributed by atoms with van der Waals surface area (Å²) in [5.41, 5.74) is -0.598. The number of hydrogen-bond acceptors (Lipinski definition) is 2. The molecule has 0 unspecified atom stereocenters. The molecule has 0 aromatic carbocycles. The van der Waals surface area contributed by atoms with Crippen molar-refractivity contribution in [2.75, 3.05) is 0 Å². The highest BCUT2D eigenvalue weighted by atomic mass is 16.3.